The molecule has 1 aliphatic heterocycles. The highest BCUT2D eigenvalue weighted by Gasteiger charge is 2.29. The third kappa shape index (κ3) is 2.30. The van der Waals surface area contributed by atoms with E-state index in [0.29, 0.717) is 6.04 Å². The van der Waals surface area contributed by atoms with Crippen molar-refractivity contribution in [1.29, 1.82) is 0 Å². The number of fused-ring (bicyclic) bond motifs is 1. The van der Waals surface area contributed by atoms with Gasteiger partial charge in [0.1, 0.15) is 0 Å². The molecule has 1 aromatic carbocycles. The van der Waals surface area contributed by atoms with E-state index in [9.17, 15) is 0 Å². The maximum Gasteiger partial charge on any atom is 0.0355 e. The summed E-state index contributed by atoms with van der Waals surface area (Å²) in [7, 11) is 0. The zero-order valence-electron chi connectivity index (χ0n) is 11.0. The second-order valence-corrected chi connectivity index (χ2v) is 5.42. The van der Waals surface area contributed by atoms with Gasteiger partial charge in [0.15, 0.2) is 0 Å². The number of aryl methyl sites for hydroxylation is 1. The molecule has 98 valence electrons. The molecule has 0 aromatic heterocycles. The maximum atomic E-state index is 5.62. The van der Waals surface area contributed by atoms with Crippen LogP contribution in [0, 0.1) is 0 Å². The summed E-state index contributed by atoms with van der Waals surface area (Å²) in [5.74, 6) is 0. The van der Waals surface area contributed by atoms with Gasteiger partial charge in [-0.05, 0) is 24.0 Å². The molecule has 0 unspecified atom stereocenters. The van der Waals surface area contributed by atoms with Gasteiger partial charge in [0.05, 0.1) is 0 Å². The Hall–Kier alpha value is -0.900. The summed E-state index contributed by atoms with van der Waals surface area (Å²) in [5, 5.41) is 0. The lowest BCUT2D eigenvalue weighted by atomic mass is 10.1. The van der Waals surface area contributed by atoms with Gasteiger partial charge in [-0.2, -0.15) is 0 Å². The van der Waals surface area contributed by atoms with Crippen LogP contribution in [0.1, 0.15) is 23.6 Å². The van der Waals surface area contributed by atoms with E-state index in [1.807, 2.05) is 0 Å². The van der Waals surface area contributed by atoms with Gasteiger partial charge in [-0.3, -0.25) is 9.80 Å². The van der Waals surface area contributed by atoms with Crippen LogP contribution in [-0.4, -0.2) is 49.1 Å². The van der Waals surface area contributed by atoms with E-state index in [0.717, 1.165) is 13.1 Å². The Labute approximate surface area is 110 Å². The predicted molar refractivity (Wildman–Crippen MR) is 74.6 cm³/mol. The third-order valence-electron chi connectivity index (χ3n) is 4.39. The van der Waals surface area contributed by atoms with E-state index < -0.39 is 0 Å². The lowest BCUT2D eigenvalue weighted by Gasteiger charge is -2.38. The normalized spacial score (nSPS) is 25.3. The van der Waals surface area contributed by atoms with Crippen LogP contribution in [0.3, 0.4) is 0 Å². The molecule has 1 aromatic rings. The predicted octanol–water partition coefficient (Wildman–Crippen LogP) is 1.25. The number of nitrogens with two attached hydrogens (primary N) is 1. The van der Waals surface area contributed by atoms with Gasteiger partial charge in [0.2, 0.25) is 0 Å². The topological polar surface area (TPSA) is 32.5 Å². The van der Waals surface area contributed by atoms with Crippen molar-refractivity contribution in [3.8, 4) is 0 Å². The van der Waals surface area contributed by atoms with Gasteiger partial charge in [-0.15, -0.1) is 0 Å². The van der Waals surface area contributed by atoms with Gasteiger partial charge in [-0.1, -0.05) is 24.3 Å². The van der Waals surface area contributed by atoms with Gasteiger partial charge < -0.3 is 5.73 Å². The van der Waals surface area contributed by atoms with E-state index in [1.54, 1.807) is 11.1 Å². The maximum absolute atomic E-state index is 5.62. The molecule has 3 heteroatoms. The number of hydrogen-bond acceptors (Lipinski definition) is 3. The first-order chi connectivity index (χ1) is 8.88. The Kier molecular flexibility index (Phi) is 3.64. The zero-order chi connectivity index (χ0) is 12.4. The number of nitrogens with zero attached hydrogens (tertiary/aromatic N) is 2. The van der Waals surface area contributed by atoms with E-state index in [4.69, 9.17) is 5.73 Å². The van der Waals surface area contributed by atoms with Gasteiger partial charge in [-0.25, -0.2) is 0 Å². The molecular weight excluding hydrogens is 222 g/mol. The molecule has 0 spiro atoms. The van der Waals surface area contributed by atoms with E-state index >= 15 is 0 Å². The van der Waals surface area contributed by atoms with Crippen molar-refractivity contribution in [1.82, 2.24) is 9.80 Å². The van der Waals surface area contributed by atoms with Crippen LogP contribution in [0.5, 0.6) is 0 Å². The van der Waals surface area contributed by atoms with Crippen LogP contribution >= 0.6 is 0 Å². The van der Waals surface area contributed by atoms with Crippen LogP contribution in [0.2, 0.25) is 0 Å². The van der Waals surface area contributed by atoms with Crippen molar-refractivity contribution >= 4 is 0 Å². The van der Waals surface area contributed by atoms with Crippen molar-refractivity contribution in [3.63, 3.8) is 0 Å². The Balaban J connectivity index is 1.64. The molecule has 1 saturated heterocycles. The third-order valence-corrected chi connectivity index (χ3v) is 4.39. The lowest BCUT2D eigenvalue weighted by molar-refractivity contribution is 0.0979. The summed E-state index contributed by atoms with van der Waals surface area (Å²) in [6.45, 7) is 6.57. The fourth-order valence-electron chi connectivity index (χ4n) is 3.40. The average Bonchev–Trinajstić information content (AvgIpc) is 2.84. The van der Waals surface area contributed by atoms with E-state index in [1.165, 1.54) is 39.0 Å². The van der Waals surface area contributed by atoms with Gasteiger partial charge >= 0.3 is 0 Å². The molecule has 2 aliphatic rings. The first-order valence-corrected chi connectivity index (χ1v) is 7.13. The van der Waals surface area contributed by atoms with Crippen LogP contribution in [0.25, 0.3) is 0 Å². The Morgan fingerprint density at radius 1 is 1.11 bits per heavy atom. The summed E-state index contributed by atoms with van der Waals surface area (Å²) in [5.41, 5.74) is 8.76. The highest BCUT2D eigenvalue weighted by atomic mass is 15.3. The standard InChI is InChI=1S/C15H23N3/c16-7-8-17-9-11-18(12-10-17)15-6-5-13-3-1-2-4-14(13)15/h1-4,15H,5-12,16H2/t15-/m1/s1. The number of piperazine rings is 1. The summed E-state index contributed by atoms with van der Waals surface area (Å²) in [6.07, 6.45) is 2.56. The Bertz CT molecular complexity index is 396. The summed E-state index contributed by atoms with van der Waals surface area (Å²) in [4.78, 5) is 5.15. The largest absolute Gasteiger partial charge is 0.329 e. The van der Waals surface area contributed by atoms with E-state index in [2.05, 4.69) is 34.1 Å². The summed E-state index contributed by atoms with van der Waals surface area (Å²) in [6, 6.07) is 9.63. The summed E-state index contributed by atoms with van der Waals surface area (Å²) >= 11 is 0. The quantitative estimate of drug-likeness (QED) is 0.870. The first kappa shape index (κ1) is 12.2. The monoisotopic (exact) mass is 245 g/mol. The molecule has 1 heterocycles. The molecule has 0 saturated carbocycles. The molecular formula is C15H23N3. The van der Waals surface area contributed by atoms with Crippen LogP contribution < -0.4 is 5.73 Å². The lowest BCUT2D eigenvalue weighted by Crippen LogP contribution is -2.48. The molecule has 2 N–H and O–H groups in total. The minimum atomic E-state index is 0.668. The van der Waals surface area contributed by atoms with E-state index in [-0.39, 0.29) is 0 Å². The highest BCUT2D eigenvalue weighted by molar-refractivity contribution is 5.34. The van der Waals surface area contributed by atoms with Crippen LogP contribution in [0.4, 0.5) is 0 Å². The fourth-order valence-corrected chi connectivity index (χ4v) is 3.40. The van der Waals surface area contributed by atoms with Gasteiger partial charge in [0.25, 0.3) is 0 Å². The second-order valence-electron chi connectivity index (χ2n) is 5.42. The van der Waals surface area contributed by atoms with Crippen molar-refractivity contribution < 1.29 is 0 Å². The fraction of sp³-hybridized carbons (Fsp3) is 0.600. The molecule has 0 bridgehead atoms. The van der Waals surface area contributed by atoms with Crippen LogP contribution in [0.15, 0.2) is 24.3 Å². The first-order valence-electron chi connectivity index (χ1n) is 7.13. The molecule has 1 aliphatic carbocycles. The SMILES string of the molecule is NCCN1CCN([C@@H]2CCc3ccccc32)CC1. The van der Waals surface area contributed by atoms with Crippen molar-refractivity contribution in [3.05, 3.63) is 35.4 Å². The molecule has 1 atom stereocenters. The number of benzene rings is 1. The number of rotatable bonds is 3. The van der Waals surface area contributed by atoms with Crippen molar-refractivity contribution in [2.24, 2.45) is 5.73 Å². The molecule has 0 radical (unpaired) electrons. The summed E-state index contributed by atoms with van der Waals surface area (Å²) < 4.78 is 0. The minimum Gasteiger partial charge on any atom is -0.329 e. The molecule has 1 fully saturated rings. The number of hydrogen-bond donors (Lipinski definition) is 1. The minimum absolute atomic E-state index is 0.668. The van der Waals surface area contributed by atoms with Crippen molar-refractivity contribution in [2.45, 2.75) is 18.9 Å². The Morgan fingerprint density at radius 3 is 2.67 bits per heavy atom. The Morgan fingerprint density at radius 2 is 1.89 bits per heavy atom. The van der Waals surface area contributed by atoms with Gasteiger partial charge in [0, 0.05) is 45.3 Å². The van der Waals surface area contributed by atoms with Crippen LogP contribution in [-0.2, 0) is 6.42 Å². The second kappa shape index (κ2) is 5.39. The zero-order valence-corrected chi connectivity index (χ0v) is 11.0. The molecule has 3 rings (SSSR count). The highest BCUT2D eigenvalue weighted by Crippen LogP contribution is 2.35. The molecule has 18 heavy (non-hydrogen) atoms. The molecule has 0 amide bonds. The molecule has 3 nitrogen and oxygen atoms in total. The average molecular weight is 245 g/mol. The van der Waals surface area contributed by atoms with Crippen molar-refractivity contribution in [2.75, 3.05) is 39.3 Å². The smallest absolute Gasteiger partial charge is 0.0355 e.